The molecule has 0 aromatic rings. The van der Waals surface area contributed by atoms with E-state index >= 15 is 0 Å². The number of hydrogen-bond donors (Lipinski definition) is 0. The maximum absolute atomic E-state index is 9.69. The summed E-state index contributed by atoms with van der Waals surface area (Å²) in [6.45, 7) is 1.72. The minimum Gasteiger partial charge on any atom is -0.423 e. The van der Waals surface area contributed by atoms with Crippen LogP contribution in [0, 0.1) is 0 Å². The Balaban J connectivity index is 3.14. The zero-order chi connectivity index (χ0) is 5.70. The van der Waals surface area contributed by atoms with Crippen LogP contribution in [-0.4, -0.2) is 5.43 Å². The van der Waals surface area contributed by atoms with E-state index in [0.29, 0.717) is 0 Å². The van der Waals surface area contributed by atoms with Crippen LogP contribution < -0.4 is 0 Å². The highest BCUT2D eigenvalue weighted by Gasteiger charge is 1.84. The smallest absolute Gasteiger partial charge is 0.408 e. The summed E-state index contributed by atoms with van der Waals surface area (Å²) in [5, 5.41) is 0. The second-order valence-electron chi connectivity index (χ2n) is 0.825. The van der Waals surface area contributed by atoms with E-state index < -0.39 is 5.43 Å². The Morgan fingerprint density at radius 2 is 2.43 bits per heavy atom. The van der Waals surface area contributed by atoms with Crippen molar-refractivity contribution in [2.45, 2.75) is 6.92 Å². The first kappa shape index (κ1) is 6.50. The van der Waals surface area contributed by atoms with Gasteiger partial charge in [-0.05, 0) is 6.92 Å². The Labute approximate surface area is 46.7 Å². The molecule has 0 aliphatic carbocycles. The Hall–Kier alpha value is -0.500. The van der Waals surface area contributed by atoms with Gasteiger partial charge in [0, 0.05) is 11.6 Å². The topological polar surface area (TPSA) is 26.3 Å². The van der Waals surface area contributed by atoms with Gasteiger partial charge in [-0.2, -0.15) is 0 Å². The van der Waals surface area contributed by atoms with Crippen LogP contribution in [-0.2, 0) is 4.74 Å². The highest BCUT2D eigenvalue weighted by molar-refractivity contribution is 6.61. The van der Waals surface area contributed by atoms with Gasteiger partial charge in [0.2, 0.25) is 0 Å². The number of rotatable bonds is 1. The Bertz CT molecular complexity index is 87.7. The molecule has 3 heteroatoms. The van der Waals surface area contributed by atoms with Crippen LogP contribution in [0.15, 0.2) is 12.3 Å². The van der Waals surface area contributed by atoms with E-state index in [2.05, 4.69) is 4.74 Å². The standard InChI is InChI=1S/C4H5ClO2/c1-2-3-7-4(5)6/h2-3H,1H3. The van der Waals surface area contributed by atoms with Gasteiger partial charge in [0.05, 0.1) is 6.26 Å². The molecule has 0 bridgehead atoms. The van der Waals surface area contributed by atoms with E-state index in [-0.39, 0.29) is 0 Å². The maximum atomic E-state index is 9.69. The first-order valence-corrected chi connectivity index (χ1v) is 2.12. The van der Waals surface area contributed by atoms with Crippen molar-refractivity contribution in [1.82, 2.24) is 0 Å². The summed E-state index contributed by atoms with van der Waals surface area (Å²) < 4.78 is 4.14. The van der Waals surface area contributed by atoms with Gasteiger partial charge in [0.1, 0.15) is 0 Å². The van der Waals surface area contributed by atoms with Crippen LogP contribution in [0.3, 0.4) is 0 Å². The van der Waals surface area contributed by atoms with Crippen molar-refractivity contribution in [3.63, 3.8) is 0 Å². The molecule has 0 rings (SSSR count). The van der Waals surface area contributed by atoms with Crippen molar-refractivity contribution >= 4 is 17.0 Å². The summed E-state index contributed by atoms with van der Waals surface area (Å²) in [6.07, 6.45) is 2.79. The summed E-state index contributed by atoms with van der Waals surface area (Å²) in [5.74, 6) is 0. The van der Waals surface area contributed by atoms with E-state index in [9.17, 15) is 4.79 Å². The fraction of sp³-hybridized carbons (Fsp3) is 0.250. The lowest BCUT2D eigenvalue weighted by molar-refractivity contribution is 0.212. The molecule has 0 amide bonds. The zero-order valence-corrected chi connectivity index (χ0v) is 4.61. The Morgan fingerprint density at radius 1 is 1.86 bits per heavy atom. The molecule has 2 nitrogen and oxygen atoms in total. The average molecular weight is 121 g/mol. The maximum Gasteiger partial charge on any atom is 0.408 e. The Morgan fingerprint density at radius 3 is 2.57 bits per heavy atom. The average Bonchev–Trinajstić information content (AvgIpc) is 1.61. The van der Waals surface area contributed by atoms with E-state index in [4.69, 9.17) is 11.6 Å². The molecular weight excluding hydrogens is 115 g/mol. The molecule has 0 aliphatic heterocycles. The summed E-state index contributed by atoms with van der Waals surface area (Å²) in [5.41, 5.74) is -0.807. The summed E-state index contributed by atoms with van der Waals surface area (Å²) in [4.78, 5) is 9.69. The monoisotopic (exact) mass is 120 g/mol. The van der Waals surface area contributed by atoms with Crippen LogP contribution in [0.2, 0.25) is 0 Å². The predicted molar refractivity (Wildman–Crippen MR) is 27.1 cm³/mol. The second-order valence-corrected chi connectivity index (χ2v) is 1.13. The van der Waals surface area contributed by atoms with Crippen LogP contribution in [0.1, 0.15) is 6.92 Å². The van der Waals surface area contributed by atoms with Gasteiger partial charge in [-0.1, -0.05) is 6.08 Å². The molecule has 0 radical (unpaired) electrons. The molecule has 0 saturated heterocycles. The third-order valence-corrected chi connectivity index (χ3v) is 0.386. The molecule has 40 valence electrons. The van der Waals surface area contributed by atoms with E-state index in [1.165, 1.54) is 6.26 Å². The van der Waals surface area contributed by atoms with Crippen molar-refractivity contribution in [1.29, 1.82) is 0 Å². The molecule has 0 heterocycles. The molecule has 0 saturated carbocycles. The van der Waals surface area contributed by atoms with Gasteiger partial charge in [0.25, 0.3) is 0 Å². The number of halogens is 1. The fourth-order valence-electron chi connectivity index (χ4n) is 0.122. The molecular formula is C4H5ClO2. The summed E-state index contributed by atoms with van der Waals surface area (Å²) >= 11 is 4.74. The Kier molecular flexibility index (Phi) is 3.42. The number of ether oxygens (including phenoxy) is 1. The van der Waals surface area contributed by atoms with E-state index in [1.807, 2.05) is 0 Å². The predicted octanol–water partition coefficient (Wildman–Crippen LogP) is 1.90. The highest BCUT2D eigenvalue weighted by atomic mass is 35.5. The third-order valence-electron chi connectivity index (χ3n) is 0.297. The highest BCUT2D eigenvalue weighted by Crippen LogP contribution is 1.85. The normalized spacial score (nSPS) is 9.43. The SMILES string of the molecule is CC=COC(=O)Cl. The van der Waals surface area contributed by atoms with Crippen molar-refractivity contribution in [2.75, 3.05) is 0 Å². The van der Waals surface area contributed by atoms with Gasteiger partial charge in [-0.3, -0.25) is 0 Å². The third kappa shape index (κ3) is 5.50. The van der Waals surface area contributed by atoms with Crippen LogP contribution in [0.4, 0.5) is 4.79 Å². The molecule has 0 unspecified atom stereocenters. The fourth-order valence-corrected chi connectivity index (χ4v) is 0.173. The van der Waals surface area contributed by atoms with Crippen molar-refractivity contribution in [3.8, 4) is 0 Å². The van der Waals surface area contributed by atoms with Gasteiger partial charge in [-0.25, -0.2) is 4.79 Å². The number of carbonyl (C=O) groups is 1. The zero-order valence-electron chi connectivity index (χ0n) is 3.85. The summed E-state index contributed by atoms with van der Waals surface area (Å²) in [7, 11) is 0. The quantitative estimate of drug-likeness (QED) is 0.390. The van der Waals surface area contributed by atoms with Gasteiger partial charge < -0.3 is 4.74 Å². The van der Waals surface area contributed by atoms with E-state index in [1.54, 1.807) is 13.0 Å². The molecule has 0 N–H and O–H groups in total. The van der Waals surface area contributed by atoms with Crippen LogP contribution in [0.5, 0.6) is 0 Å². The first-order valence-electron chi connectivity index (χ1n) is 1.74. The minimum atomic E-state index is -0.807. The first-order chi connectivity index (χ1) is 3.27. The van der Waals surface area contributed by atoms with Gasteiger partial charge in [-0.15, -0.1) is 0 Å². The number of hydrogen-bond acceptors (Lipinski definition) is 2. The van der Waals surface area contributed by atoms with E-state index in [0.717, 1.165) is 0 Å². The largest absolute Gasteiger partial charge is 0.423 e. The number of allylic oxidation sites excluding steroid dienone is 1. The summed E-state index contributed by atoms with van der Waals surface area (Å²) in [6, 6.07) is 0. The number of carbonyl (C=O) groups excluding carboxylic acids is 1. The second kappa shape index (κ2) is 3.68. The lowest BCUT2D eigenvalue weighted by Crippen LogP contribution is -1.80. The molecule has 0 aromatic carbocycles. The lowest BCUT2D eigenvalue weighted by Gasteiger charge is -1.82. The van der Waals surface area contributed by atoms with Gasteiger partial charge >= 0.3 is 5.43 Å². The molecule has 0 spiro atoms. The molecule has 0 fully saturated rings. The van der Waals surface area contributed by atoms with Gasteiger partial charge in [0.15, 0.2) is 0 Å². The minimum absolute atomic E-state index is 0.807. The van der Waals surface area contributed by atoms with Crippen molar-refractivity contribution < 1.29 is 9.53 Å². The van der Waals surface area contributed by atoms with Crippen molar-refractivity contribution in [2.24, 2.45) is 0 Å². The molecule has 0 aromatic heterocycles. The molecule has 7 heavy (non-hydrogen) atoms. The lowest BCUT2D eigenvalue weighted by atomic mass is 10.7. The van der Waals surface area contributed by atoms with Crippen LogP contribution in [0.25, 0.3) is 0 Å². The van der Waals surface area contributed by atoms with Crippen molar-refractivity contribution in [3.05, 3.63) is 12.3 Å². The molecule has 0 atom stereocenters. The molecule has 0 aliphatic rings. The van der Waals surface area contributed by atoms with Crippen LogP contribution >= 0.6 is 11.6 Å².